The van der Waals surface area contributed by atoms with E-state index in [1.54, 1.807) is 7.11 Å². The van der Waals surface area contributed by atoms with Crippen LogP contribution in [0.5, 0.6) is 5.75 Å². The van der Waals surface area contributed by atoms with E-state index in [0.717, 1.165) is 34.8 Å². The maximum atomic E-state index is 13.3. The summed E-state index contributed by atoms with van der Waals surface area (Å²) in [5.74, 6) is 1.53. The van der Waals surface area contributed by atoms with Crippen LogP contribution in [-0.2, 0) is 11.2 Å². The van der Waals surface area contributed by atoms with E-state index in [-0.39, 0.29) is 11.9 Å². The van der Waals surface area contributed by atoms with Crippen LogP contribution in [0.2, 0.25) is 0 Å². The molecule has 1 aliphatic heterocycles. The average molecular weight is 424 g/mol. The summed E-state index contributed by atoms with van der Waals surface area (Å²) in [4.78, 5) is 13.3. The summed E-state index contributed by atoms with van der Waals surface area (Å²) in [5.41, 5.74) is 7.57. The zero-order valence-electron chi connectivity index (χ0n) is 17.5. The van der Waals surface area contributed by atoms with E-state index >= 15 is 0 Å². The Morgan fingerprint density at radius 2 is 1.93 bits per heavy atom. The zero-order valence-corrected chi connectivity index (χ0v) is 18.3. The van der Waals surface area contributed by atoms with E-state index in [0.29, 0.717) is 5.16 Å². The number of hydrogen-bond donors (Lipinski definition) is 2. The summed E-state index contributed by atoms with van der Waals surface area (Å²) in [6.45, 7) is 6.13. The zero-order chi connectivity index (χ0) is 21.3. The van der Waals surface area contributed by atoms with Gasteiger partial charge in [0.1, 0.15) is 11.0 Å². The fourth-order valence-corrected chi connectivity index (χ4v) is 4.52. The quantitative estimate of drug-likeness (QED) is 0.649. The Labute approximate surface area is 180 Å². The van der Waals surface area contributed by atoms with Gasteiger partial charge in [0.25, 0.3) is 0 Å². The predicted molar refractivity (Wildman–Crippen MR) is 119 cm³/mol. The number of nitrogens with one attached hydrogen (secondary N) is 2. The second kappa shape index (κ2) is 8.39. The number of aryl methyl sites for hydroxylation is 3. The molecule has 0 saturated heterocycles. The van der Waals surface area contributed by atoms with E-state index in [1.165, 1.54) is 17.3 Å². The van der Waals surface area contributed by atoms with Gasteiger partial charge in [0.05, 0.1) is 13.2 Å². The molecule has 2 N–H and O–H groups in total. The van der Waals surface area contributed by atoms with Gasteiger partial charge in [0.2, 0.25) is 11.1 Å². The SMILES string of the molecule is CCc1nnc2n1N[C@H](c1ccc(OC)cc1)[C@@H](C(=O)Nc1ccc(C)c(C)c1)S2. The van der Waals surface area contributed by atoms with Crippen molar-refractivity contribution in [2.24, 2.45) is 0 Å². The van der Waals surface area contributed by atoms with Crippen molar-refractivity contribution in [2.45, 2.75) is 43.6 Å². The molecule has 156 valence electrons. The predicted octanol–water partition coefficient (Wildman–Crippen LogP) is 3.86. The third-order valence-electron chi connectivity index (χ3n) is 5.33. The van der Waals surface area contributed by atoms with Gasteiger partial charge in [-0.3, -0.25) is 4.79 Å². The Balaban J connectivity index is 1.66. The highest BCUT2D eigenvalue weighted by atomic mass is 32.2. The van der Waals surface area contributed by atoms with E-state index in [4.69, 9.17) is 4.74 Å². The van der Waals surface area contributed by atoms with Gasteiger partial charge in [-0.15, -0.1) is 10.2 Å². The second-order valence-corrected chi connectivity index (χ2v) is 8.40. The van der Waals surface area contributed by atoms with Crippen LogP contribution in [0.15, 0.2) is 47.6 Å². The van der Waals surface area contributed by atoms with E-state index in [9.17, 15) is 4.79 Å². The number of benzene rings is 2. The fourth-order valence-electron chi connectivity index (χ4n) is 3.42. The van der Waals surface area contributed by atoms with Crippen molar-refractivity contribution in [3.05, 3.63) is 65.0 Å². The lowest BCUT2D eigenvalue weighted by Crippen LogP contribution is -2.41. The van der Waals surface area contributed by atoms with Crippen molar-refractivity contribution in [1.82, 2.24) is 14.9 Å². The number of amides is 1. The number of carbonyl (C=O) groups is 1. The third-order valence-corrected chi connectivity index (χ3v) is 6.54. The van der Waals surface area contributed by atoms with Crippen LogP contribution in [-0.4, -0.2) is 33.1 Å². The summed E-state index contributed by atoms with van der Waals surface area (Å²) in [6.07, 6.45) is 0.745. The summed E-state index contributed by atoms with van der Waals surface area (Å²) < 4.78 is 7.17. The molecule has 2 atom stereocenters. The number of rotatable bonds is 5. The maximum Gasteiger partial charge on any atom is 0.240 e. The van der Waals surface area contributed by atoms with Gasteiger partial charge < -0.3 is 15.5 Å². The van der Waals surface area contributed by atoms with Gasteiger partial charge in [-0.1, -0.05) is 36.9 Å². The molecule has 0 aliphatic carbocycles. The number of anilines is 1. The summed E-state index contributed by atoms with van der Waals surface area (Å²) in [6, 6.07) is 13.5. The van der Waals surface area contributed by atoms with Gasteiger partial charge in [0, 0.05) is 12.1 Å². The number of fused-ring (bicyclic) bond motifs is 1. The van der Waals surface area contributed by atoms with Crippen LogP contribution in [0.1, 0.15) is 35.5 Å². The van der Waals surface area contributed by atoms with Crippen LogP contribution in [0.25, 0.3) is 0 Å². The van der Waals surface area contributed by atoms with Crippen molar-refractivity contribution in [1.29, 1.82) is 0 Å². The normalized spacial score (nSPS) is 17.7. The minimum atomic E-state index is -0.415. The van der Waals surface area contributed by atoms with Crippen LogP contribution >= 0.6 is 11.8 Å². The number of carbonyl (C=O) groups excluding carboxylic acids is 1. The number of hydrogen-bond acceptors (Lipinski definition) is 6. The molecule has 0 unspecified atom stereocenters. The summed E-state index contributed by atoms with van der Waals surface area (Å²) >= 11 is 1.42. The molecule has 0 fully saturated rings. The average Bonchev–Trinajstić information content (AvgIpc) is 3.17. The standard InChI is InChI=1S/C22H25N5O2S/c1-5-18-24-25-22-27(18)26-19(15-7-10-17(29-4)11-8-15)20(30-22)21(28)23-16-9-6-13(2)14(3)12-16/h6-12,19-20,26H,5H2,1-4H3,(H,23,28)/t19-,20+/m1/s1. The number of thioether (sulfide) groups is 1. The highest BCUT2D eigenvalue weighted by Crippen LogP contribution is 2.38. The monoisotopic (exact) mass is 423 g/mol. The molecule has 0 radical (unpaired) electrons. The lowest BCUT2D eigenvalue weighted by molar-refractivity contribution is -0.116. The molecule has 2 heterocycles. The van der Waals surface area contributed by atoms with Gasteiger partial charge >= 0.3 is 0 Å². The first-order valence-electron chi connectivity index (χ1n) is 9.89. The molecule has 7 nitrogen and oxygen atoms in total. The first-order chi connectivity index (χ1) is 14.5. The number of methoxy groups -OCH3 is 1. The maximum absolute atomic E-state index is 13.3. The van der Waals surface area contributed by atoms with E-state index in [1.807, 2.05) is 61.0 Å². The van der Waals surface area contributed by atoms with Crippen molar-refractivity contribution >= 4 is 23.4 Å². The van der Waals surface area contributed by atoms with Crippen LogP contribution < -0.4 is 15.5 Å². The van der Waals surface area contributed by atoms with Crippen molar-refractivity contribution in [2.75, 3.05) is 17.9 Å². The third kappa shape index (κ3) is 3.87. The minimum absolute atomic E-state index is 0.0798. The van der Waals surface area contributed by atoms with Crippen LogP contribution in [0.3, 0.4) is 0 Å². The molecule has 8 heteroatoms. The topological polar surface area (TPSA) is 81.1 Å². The van der Waals surface area contributed by atoms with Gasteiger partial charge in [0.15, 0.2) is 5.82 Å². The first kappa shape index (κ1) is 20.3. The molecular formula is C22H25N5O2S. The van der Waals surface area contributed by atoms with Gasteiger partial charge in [-0.2, -0.15) is 0 Å². The second-order valence-electron chi connectivity index (χ2n) is 7.29. The highest BCUT2D eigenvalue weighted by Gasteiger charge is 2.37. The van der Waals surface area contributed by atoms with Crippen molar-refractivity contribution in [3.63, 3.8) is 0 Å². The smallest absolute Gasteiger partial charge is 0.240 e. The molecule has 1 aromatic heterocycles. The Morgan fingerprint density at radius 1 is 1.17 bits per heavy atom. The summed E-state index contributed by atoms with van der Waals surface area (Å²) in [7, 11) is 1.64. The van der Waals surface area contributed by atoms with Crippen LogP contribution in [0.4, 0.5) is 5.69 Å². The molecule has 0 spiro atoms. The Hall–Kier alpha value is -3.00. The molecule has 3 aromatic rings. The molecule has 1 aliphatic rings. The number of nitrogens with zero attached hydrogens (tertiary/aromatic N) is 3. The van der Waals surface area contributed by atoms with Crippen molar-refractivity contribution in [3.8, 4) is 5.75 Å². The number of ether oxygens (including phenoxy) is 1. The molecular weight excluding hydrogens is 398 g/mol. The molecule has 0 bridgehead atoms. The highest BCUT2D eigenvalue weighted by molar-refractivity contribution is 8.00. The summed E-state index contributed by atoms with van der Waals surface area (Å²) in [5, 5.41) is 11.9. The van der Waals surface area contributed by atoms with E-state index < -0.39 is 5.25 Å². The van der Waals surface area contributed by atoms with E-state index in [2.05, 4.69) is 27.9 Å². The molecule has 1 amide bonds. The van der Waals surface area contributed by atoms with Crippen LogP contribution in [0, 0.1) is 13.8 Å². The van der Waals surface area contributed by atoms with Crippen molar-refractivity contribution < 1.29 is 9.53 Å². The Morgan fingerprint density at radius 3 is 2.60 bits per heavy atom. The molecule has 4 rings (SSSR count). The lowest BCUT2D eigenvalue weighted by atomic mass is 10.0. The lowest BCUT2D eigenvalue weighted by Gasteiger charge is -2.33. The first-order valence-corrected chi connectivity index (χ1v) is 10.8. The number of aromatic nitrogens is 3. The molecule has 2 aromatic carbocycles. The largest absolute Gasteiger partial charge is 0.497 e. The Kier molecular flexibility index (Phi) is 5.67. The molecule has 0 saturated carbocycles. The minimum Gasteiger partial charge on any atom is -0.497 e. The Bertz CT molecular complexity index is 1060. The molecule has 30 heavy (non-hydrogen) atoms. The fraction of sp³-hybridized carbons (Fsp3) is 0.318. The van der Waals surface area contributed by atoms with Gasteiger partial charge in [-0.25, -0.2) is 4.68 Å². The van der Waals surface area contributed by atoms with Gasteiger partial charge in [-0.05, 0) is 54.8 Å².